The summed E-state index contributed by atoms with van der Waals surface area (Å²) in [7, 11) is 0. The van der Waals surface area contributed by atoms with Crippen molar-refractivity contribution in [2.24, 2.45) is 5.92 Å². The molecule has 5 heteroatoms. The minimum atomic E-state index is -0.527. The number of hydrogen-bond acceptors (Lipinski definition) is 3. The average molecular weight is 252 g/mol. The average Bonchev–Trinajstić information content (AvgIpc) is 3.19. The maximum absolute atomic E-state index is 13.3. The first-order chi connectivity index (χ1) is 8.68. The molecule has 0 aromatic heterocycles. The summed E-state index contributed by atoms with van der Waals surface area (Å²) in [6.07, 6.45) is 1.61. The van der Waals surface area contributed by atoms with Crippen molar-refractivity contribution in [2.45, 2.75) is 19.1 Å². The standard InChI is InChI=1S/C13H17FN2O2/c14-11-4-2-1-3-10(11)13(18)16-8-7-15-12(17)9-5-6-9/h1-4,9,12,15,17H,5-8H2,(H,16,18). The van der Waals surface area contributed by atoms with Crippen LogP contribution in [0.5, 0.6) is 0 Å². The summed E-state index contributed by atoms with van der Waals surface area (Å²) in [5, 5.41) is 15.0. The number of carbonyl (C=O) groups is 1. The quantitative estimate of drug-likeness (QED) is 0.520. The first-order valence-electron chi connectivity index (χ1n) is 6.12. The topological polar surface area (TPSA) is 61.4 Å². The van der Waals surface area contributed by atoms with Crippen LogP contribution in [-0.4, -0.2) is 30.3 Å². The van der Waals surface area contributed by atoms with Gasteiger partial charge in [-0.2, -0.15) is 0 Å². The zero-order valence-electron chi connectivity index (χ0n) is 10.0. The number of carbonyl (C=O) groups excluding carboxylic acids is 1. The summed E-state index contributed by atoms with van der Waals surface area (Å²) >= 11 is 0. The van der Waals surface area contributed by atoms with E-state index in [1.54, 1.807) is 12.1 Å². The van der Waals surface area contributed by atoms with Gasteiger partial charge in [-0.15, -0.1) is 0 Å². The molecular formula is C13H17FN2O2. The maximum atomic E-state index is 13.3. The number of aliphatic hydroxyl groups excluding tert-OH is 1. The van der Waals surface area contributed by atoms with Crippen molar-refractivity contribution in [2.75, 3.05) is 13.1 Å². The van der Waals surface area contributed by atoms with Gasteiger partial charge in [-0.1, -0.05) is 12.1 Å². The lowest BCUT2D eigenvalue weighted by Gasteiger charge is -2.12. The van der Waals surface area contributed by atoms with Crippen molar-refractivity contribution in [3.63, 3.8) is 0 Å². The fourth-order valence-corrected chi connectivity index (χ4v) is 1.72. The van der Waals surface area contributed by atoms with Gasteiger partial charge in [0.15, 0.2) is 0 Å². The third-order valence-electron chi connectivity index (χ3n) is 2.95. The monoisotopic (exact) mass is 252 g/mol. The first kappa shape index (κ1) is 13.0. The lowest BCUT2D eigenvalue weighted by molar-refractivity contribution is 0.0934. The lowest BCUT2D eigenvalue weighted by Crippen LogP contribution is -2.38. The second-order valence-electron chi connectivity index (χ2n) is 4.47. The molecule has 1 aliphatic rings. The summed E-state index contributed by atoms with van der Waals surface area (Å²) in [4.78, 5) is 11.6. The number of hydrogen-bond donors (Lipinski definition) is 3. The second kappa shape index (κ2) is 5.93. The Bertz CT molecular complexity index is 421. The summed E-state index contributed by atoms with van der Waals surface area (Å²) in [6.45, 7) is 0.828. The zero-order valence-corrected chi connectivity index (χ0v) is 10.0. The smallest absolute Gasteiger partial charge is 0.254 e. The number of aliphatic hydroxyl groups is 1. The van der Waals surface area contributed by atoms with E-state index in [0.717, 1.165) is 12.8 Å². The van der Waals surface area contributed by atoms with Crippen LogP contribution < -0.4 is 10.6 Å². The van der Waals surface area contributed by atoms with Crippen molar-refractivity contribution in [1.29, 1.82) is 0 Å². The third kappa shape index (κ3) is 3.51. The van der Waals surface area contributed by atoms with Crippen LogP contribution in [0.15, 0.2) is 24.3 Å². The second-order valence-corrected chi connectivity index (χ2v) is 4.47. The molecule has 0 bridgehead atoms. The van der Waals surface area contributed by atoms with Crippen LogP contribution in [-0.2, 0) is 0 Å². The van der Waals surface area contributed by atoms with Gasteiger partial charge in [0.2, 0.25) is 0 Å². The van der Waals surface area contributed by atoms with Crippen LogP contribution >= 0.6 is 0 Å². The predicted octanol–water partition coefficient (Wildman–Crippen LogP) is 0.873. The van der Waals surface area contributed by atoms with Crippen LogP contribution in [0.1, 0.15) is 23.2 Å². The van der Waals surface area contributed by atoms with Crippen LogP contribution in [0.3, 0.4) is 0 Å². The van der Waals surface area contributed by atoms with Gasteiger partial charge in [-0.3, -0.25) is 10.1 Å². The molecule has 1 amide bonds. The minimum Gasteiger partial charge on any atom is -0.378 e. The molecular weight excluding hydrogens is 235 g/mol. The van der Waals surface area contributed by atoms with E-state index in [2.05, 4.69) is 10.6 Å². The fourth-order valence-electron chi connectivity index (χ4n) is 1.72. The van der Waals surface area contributed by atoms with Crippen molar-refractivity contribution < 1.29 is 14.3 Å². The predicted molar refractivity (Wildman–Crippen MR) is 65.5 cm³/mol. The molecule has 3 N–H and O–H groups in total. The van der Waals surface area contributed by atoms with E-state index in [1.807, 2.05) is 0 Å². The van der Waals surface area contributed by atoms with Crippen LogP contribution in [0.2, 0.25) is 0 Å². The number of amides is 1. The van der Waals surface area contributed by atoms with Crippen LogP contribution in [0, 0.1) is 11.7 Å². The van der Waals surface area contributed by atoms with Crippen molar-refractivity contribution >= 4 is 5.91 Å². The molecule has 1 aromatic carbocycles. The molecule has 1 atom stereocenters. The van der Waals surface area contributed by atoms with E-state index < -0.39 is 18.0 Å². The van der Waals surface area contributed by atoms with Gasteiger partial charge in [-0.25, -0.2) is 4.39 Å². The van der Waals surface area contributed by atoms with E-state index in [0.29, 0.717) is 19.0 Å². The molecule has 0 radical (unpaired) electrons. The van der Waals surface area contributed by atoms with E-state index in [4.69, 9.17) is 0 Å². The Morgan fingerprint density at radius 1 is 1.39 bits per heavy atom. The molecule has 2 rings (SSSR count). The van der Waals surface area contributed by atoms with Crippen molar-refractivity contribution in [3.05, 3.63) is 35.6 Å². The summed E-state index contributed by atoms with van der Waals surface area (Å²) in [6, 6.07) is 5.86. The first-order valence-corrected chi connectivity index (χ1v) is 6.12. The summed E-state index contributed by atoms with van der Waals surface area (Å²) in [5.41, 5.74) is 0.0419. The van der Waals surface area contributed by atoms with Crippen LogP contribution in [0.4, 0.5) is 4.39 Å². The lowest BCUT2D eigenvalue weighted by atomic mass is 10.2. The molecule has 0 saturated heterocycles. The molecule has 0 heterocycles. The number of benzene rings is 1. The molecule has 18 heavy (non-hydrogen) atoms. The van der Waals surface area contributed by atoms with E-state index >= 15 is 0 Å². The molecule has 1 saturated carbocycles. The van der Waals surface area contributed by atoms with Gasteiger partial charge in [0, 0.05) is 13.1 Å². The Hall–Kier alpha value is -1.46. The highest BCUT2D eigenvalue weighted by molar-refractivity contribution is 5.94. The largest absolute Gasteiger partial charge is 0.378 e. The fraction of sp³-hybridized carbons (Fsp3) is 0.462. The SMILES string of the molecule is O=C(NCCNC(O)C1CC1)c1ccccc1F. The Balaban J connectivity index is 1.70. The van der Waals surface area contributed by atoms with Crippen LogP contribution in [0.25, 0.3) is 0 Å². The molecule has 4 nitrogen and oxygen atoms in total. The third-order valence-corrected chi connectivity index (χ3v) is 2.95. The van der Waals surface area contributed by atoms with E-state index in [1.165, 1.54) is 12.1 Å². The van der Waals surface area contributed by atoms with Gasteiger partial charge in [0.05, 0.1) is 5.56 Å². The molecule has 0 aliphatic heterocycles. The molecule has 98 valence electrons. The molecule has 1 aromatic rings. The van der Waals surface area contributed by atoms with E-state index in [9.17, 15) is 14.3 Å². The Labute approximate surface area is 105 Å². The normalized spacial score (nSPS) is 16.3. The maximum Gasteiger partial charge on any atom is 0.254 e. The Kier molecular flexibility index (Phi) is 4.28. The molecule has 0 spiro atoms. The number of nitrogens with one attached hydrogen (secondary N) is 2. The highest BCUT2D eigenvalue weighted by atomic mass is 19.1. The highest BCUT2D eigenvalue weighted by Crippen LogP contribution is 2.31. The molecule has 1 fully saturated rings. The van der Waals surface area contributed by atoms with Gasteiger partial charge >= 0.3 is 0 Å². The zero-order chi connectivity index (χ0) is 13.0. The van der Waals surface area contributed by atoms with Gasteiger partial charge in [-0.05, 0) is 30.9 Å². The van der Waals surface area contributed by atoms with Gasteiger partial charge in [0.25, 0.3) is 5.91 Å². The summed E-state index contributed by atoms with van der Waals surface area (Å²) in [5.74, 6) is -0.607. The molecule has 1 aliphatic carbocycles. The Morgan fingerprint density at radius 2 is 2.11 bits per heavy atom. The molecule has 1 unspecified atom stereocenters. The minimum absolute atomic E-state index is 0.0419. The number of rotatable bonds is 6. The van der Waals surface area contributed by atoms with Gasteiger partial charge in [0.1, 0.15) is 12.0 Å². The van der Waals surface area contributed by atoms with Crippen molar-refractivity contribution in [3.8, 4) is 0 Å². The van der Waals surface area contributed by atoms with Crippen molar-refractivity contribution in [1.82, 2.24) is 10.6 Å². The summed E-state index contributed by atoms with van der Waals surface area (Å²) < 4.78 is 13.3. The van der Waals surface area contributed by atoms with Gasteiger partial charge < -0.3 is 10.4 Å². The number of halogens is 1. The van der Waals surface area contributed by atoms with E-state index in [-0.39, 0.29) is 5.56 Å². The highest BCUT2D eigenvalue weighted by Gasteiger charge is 2.28. The Morgan fingerprint density at radius 3 is 2.78 bits per heavy atom.